The van der Waals surface area contributed by atoms with Crippen molar-refractivity contribution in [2.24, 2.45) is 0 Å². The summed E-state index contributed by atoms with van der Waals surface area (Å²) in [6.07, 6.45) is -3.95. The highest BCUT2D eigenvalue weighted by Gasteiger charge is 2.40. The average Bonchev–Trinajstić information content (AvgIpc) is 2.89. The van der Waals surface area contributed by atoms with Crippen LogP contribution in [0.3, 0.4) is 0 Å². The fourth-order valence-corrected chi connectivity index (χ4v) is 3.66. The number of fused-ring (bicyclic) bond motifs is 1. The summed E-state index contributed by atoms with van der Waals surface area (Å²) in [5, 5.41) is 0.411. The molecule has 0 radical (unpaired) electrons. The Morgan fingerprint density at radius 1 is 0.947 bits per heavy atom. The van der Waals surface area contributed by atoms with Crippen LogP contribution in [0.2, 0.25) is 5.02 Å². The van der Waals surface area contributed by atoms with Crippen LogP contribution in [0.25, 0.3) is 11.0 Å². The summed E-state index contributed by atoms with van der Waals surface area (Å²) in [7, 11) is 0. The molecule has 0 amide bonds. The van der Waals surface area contributed by atoms with Crippen LogP contribution >= 0.6 is 11.6 Å². The van der Waals surface area contributed by atoms with Crippen molar-refractivity contribution in [1.82, 2.24) is 0 Å². The largest absolute Gasteiger partial charge is 0.494 e. The third kappa shape index (κ3) is 6.66. The number of alkyl halides is 3. The van der Waals surface area contributed by atoms with Crippen molar-refractivity contribution in [2.45, 2.75) is 32.4 Å². The van der Waals surface area contributed by atoms with Crippen LogP contribution in [0.5, 0.6) is 23.0 Å². The molecular formula is C28H22ClF3O6. The molecule has 6 nitrogen and oxygen atoms in total. The Kier molecular flexibility index (Phi) is 8.26. The average molecular weight is 547 g/mol. The van der Waals surface area contributed by atoms with Gasteiger partial charge in [-0.1, -0.05) is 30.7 Å². The summed E-state index contributed by atoms with van der Waals surface area (Å²) >= 11 is 5.81. The van der Waals surface area contributed by atoms with Crippen LogP contribution < -0.4 is 19.6 Å². The van der Waals surface area contributed by atoms with Gasteiger partial charge in [-0.15, -0.1) is 0 Å². The minimum absolute atomic E-state index is 0.00697. The van der Waals surface area contributed by atoms with Crippen molar-refractivity contribution < 1.29 is 36.6 Å². The maximum Gasteiger partial charge on any atom is 0.453 e. The highest BCUT2D eigenvalue weighted by atomic mass is 35.5. The lowest BCUT2D eigenvalue weighted by molar-refractivity contribution is -0.154. The SMILES string of the molecule is CCc1ccc(Oc2c(C(F)(F)F)oc3cc(OC(=O)CCCOc4ccc(Cl)cc4)ccc3c2=O)cc1. The first-order valence-electron chi connectivity index (χ1n) is 11.7. The smallest absolute Gasteiger partial charge is 0.453 e. The second-order valence-corrected chi connectivity index (χ2v) is 8.66. The fraction of sp³-hybridized carbons (Fsp3) is 0.214. The van der Waals surface area contributed by atoms with E-state index in [9.17, 15) is 22.8 Å². The lowest BCUT2D eigenvalue weighted by Crippen LogP contribution is -2.15. The summed E-state index contributed by atoms with van der Waals surface area (Å²) in [6, 6.07) is 16.7. The first-order valence-corrected chi connectivity index (χ1v) is 12.1. The van der Waals surface area contributed by atoms with Gasteiger partial charge in [-0.25, -0.2) is 0 Å². The van der Waals surface area contributed by atoms with E-state index in [1.165, 1.54) is 24.3 Å². The van der Waals surface area contributed by atoms with E-state index in [1.807, 2.05) is 6.92 Å². The van der Waals surface area contributed by atoms with Gasteiger partial charge in [0.2, 0.25) is 11.2 Å². The Morgan fingerprint density at radius 3 is 2.26 bits per heavy atom. The minimum Gasteiger partial charge on any atom is -0.494 e. The van der Waals surface area contributed by atoms with Gasteiger partial charge in [0.05, 0.1) is 12.0 Å². The molecule has 0 saturated heterocycles. The predicted octanol–water partition coefficient (Wildman–Crippen LogP) is 7.58. The Morgan fingerprint density at radius 2 is 1.61 bits per heavy atom. The van der Waals surface area contributed by atoms with E-state index in [4.69, 9.17) is 30.2 Å². The quantitative estimate of drug-likeness (QED) is 0.122. The van der Waals surface area contributed by atoms with Crippen molar-refractivity contribution in [3.05, 3.63) is 93.3 Å². The number of ether oxygens (including phenoxy) is 3. The molecule has 10 heteroatoms. The van der Waals surface area contributed by atoms with Gasteiger partial charge in [0.1, 0.15) is 22.8 Å². The molecule has 0 saturated carbocycles. The molecule has 0 fully saturated rings. The van der Waals surface area contributed by atoms with Crippen LogP contribution in [0.1, 0.15) is 31.1 Å². The Hall–Kier alpha value is -3.98. The highest BCUT2D eigenvalue weighted by molar-refractivity contribution is 6.30. The fourth-order valence-electron chi connectivity index (χ4n) is 3.53. The van der Waals surface area contributed by atoms with Gasteiger partial charge in [-0.05, 0) is 66.9 Å². The molecule has 198 valence electrons. The molecule has 4 aromatic rings. The number of carbonyl (C=O) groups is 1. The van der Waals surface area contributed by atoms with Crippen LogP contribution in [-0.2, 0) is 17.4 Å². The topological polar surface area (TPSA) is 75.0 Å². The number of aryl methyl sites for hydroxylation is 1. The number of halogens is 4. The highest BCUT2D eigenvalue weighted by Crippen LogP contribution is 2.38. The zero-order chi connectivity index (χ0) is 27.3. The maximum atomic E-state index is 13.8. The number of hydrogen-bond donors (Lipinski definition) is 0. The van der Waals surface area contributed by atoms with Gasteiger partial charge in [0.15, 0.2) is 0 Å². The van der Waals surface area contributed by atoms with Gasteiger partial charge in [-0.3, -0.25) is 9.59 Å². The third-order valence-electron chi connectivity index (χ3n) is 5.47. The van der Waals surface area contributed by atoms with E-state index in [2.05, 4.69) is 0 Å². The van der Waals surface area contributed by atoms with Crippen molar-refractivity contribution in [1.29, 1.82) is 0 Å². The third-order valence-corrected chi connectivity index (χ3v) is 5.72. The standard InChI is InChI=1S/C28H22ClF3O6/c1-2-17-5-9-20(10-6-17)37-26-25(34)22-14-13-21(16-23(22)38-27(26)28(30,31)32)36-24(33)4-3-15-35-19-11-7-18(29)8-12-19/h5-14,16H,2-4,15H2,1H3. The molecule has 1 aromatic heterocycles. The number of carbonyl (C=O) groups excluding carboxylic acids is 1. The lowest BCUT2D eigenvalue weighted by Gasteiger charge is -2.14. The summed E-state index contributed by atoms with van der Waals surface area (Å²) in [6.45, 7) is 2.17. The molecule has 0 aliphatic carbocycles. The maximum absolute atomic E-state index is 13.8. The van der Waals surface area contributed by atoms with E-state index in [0.29, 0.717) is 17.2 Å². The van der Waals surface area contributed by atoms with E-state index in [1.54, 1.807) is 36.4 Å². The van der Waals surface area contributed by atoms with Crippen molar-refractivity contribution in [3.8, 4) is 23.0 Å². The van der Waals surface area contributed by atoms with Crippen LogP contribution in [-0.4, -0.2) is 12.6 Å². The van der Waals surface area contributed by atoms with Gasteiger partial charge in [0, 0.05) is 17.5 Å². The van der Waals surface area contributed by atoms with Crippen LogP contribution in [0, 0.1) is 0 Å². The molecule has 0 unspecified atom stereocenters. The second kappa shape index (κ2) is 11.6. The van der Waals surface area contributed by atoms with Gasteiger partial charge in [0.25, 0.3) is 5.76 Å². The zero-order valence-electron chi connectivity index (χ0n) is 20.1. The van der Waals surface area contributed by atoms with Gasteiger partial charge >= 0.3 is 12.1 Å². The van der Waals surface area contributed by atoms with Crippen molar-refractivity contribution >= 4 is 28.5 Å². The molecule has 0 N–H and O–H groups in total. The number of rotatable bonds is 9. The van der Waals surface area contributed by atoms with Crippen molar-refractivity contribution in [3.63, 3.8) is 0 Å². The Bertz CT molecular complexity index is 1480. The molecule has 0 spiro atoms. The van der Waals surface area contributed by atoms with E-state index in [-0.39, 0.29) is 29.9 Å². The molecule has 4 rings (SSSR count). The Balaban J connectivity index is 1.49. The van der Waals surface area contributed by atoms with E-state index in [0.717, 1.165) is 18.1 Å². The first-order chi connectivity index (χ1) is 18.1. The van der Waals surface area contributed by atoms with Crippen molar-refractivity contribution in [2.75, 3.05) is 6.61 Å². The number of hydrogen-bond acceptors (Lipinski definition) is 6. The summed E-state index contributed by atoms with van der Waals surface area (Å²) in [5.41, 5.74) is -0.446. The predicted molar refractivity (Wildman–Crippen MR) is 135 cm³/mol. The summed E-state index contributed by atoms with van der Waals surface area (Å²) in [5.74, 6) is -2.60. The zero-order valence-corrected chi connectivity index (χ0v) is 20.9. The molecule has 38 heavy (non-hydrogen) atoms. The lowest BCUT2D eigenvalue weighted by atomic mass is 10.1. The molecular weight excluding hydrogens is 525 g/mol. The van der Waals surface area contributed by atoms with Crippen LogP contribution in [0.15, 0.2) is 75.9 Å². The van der Waals surface area contributed by atoms with Gasteiger partial charge < -0.3 is 18.6 Å². The number of benzene rings is 3. The van der Waals surface area contributed by atoms with Gasteiger partial charge in [-0.2, -0.15) is 13.2 Å². The minimum atomic E-state index is -5.01. The number of esters is 1. The first kappa shape index (κ1) is 27.1. The molecule has 0 aliphatic heterocycles. The summed E-state index contributed by atoms with van der Waals surface area (Å²) in [4.78, 5) is 25.2. The normalized spacial score (nSPS) is 11.4. The van der Waals surface area contributed by atoms with Crippen LogP contribution in [0.4, 0.5) is 13.2 Å². The molecule has 3 aromatic carbocycles. The molecule has 0 bridgehead atoms. The molecule has 1 heterocycles. The van der Waals surface area contributed by atoms with E-state index >= 15 is 0 Å². The summed E-state index contributed by atoms with van der Waals surface area (Å²) < 4.78 is 62.5. The monoisotopic (exact) mass is 546 g/mol. The molecule has 0 aliphatic rings. The Labute approximate surface area is 220 Å². The molecule has 0 atom stereocenters. The second-order valence-electron chi connectivity index (χ2n) is 8.22. The van der Waals surface area contributed by atoms with E-state index < -0.39 is 34.7 Å².